The number of nitrogens with zero attached hydrogens (tertiary/aromatic N) is 2. The lowest BCUT2D eigenvalue weighted by Crippen LogP contribution is -2.49. The Hall–Kier alpha value is -1.40. The molecule has 0 atom stereocenters. The SMILES string of the molecule is CCOP(=O)(CCN(C(=O)OC(C)(C)C)C1CCN(Cc2ccccc2)CC1)OCC. The van der Waals surface area contributed by atoms with Crippen LogP contribution in [-0.4, -0.2) is 66.5 Å². The second-order valence-corrected chi connectivity index (χ2v) is 11.0. The third-order valence-electron chi connectivity index (χ3n) is 5.14. The van der Waals surface area contributed by atoms with Crippen molar-refractivity contribution in [3.05, 3.63) is 35.9 Å². The molecule has 2 rings (SSSR count). The molecule has 0 saturated carbocycles. The zero-order valence-electron chi connectivity index (χ0n) is 19.7. The van der Waals surface area contributed by atoms with Gasteiger partial charge < -0.3 is 18.7 Å². The van der Waals surface area contributed by atoms with Gasteiger partial charge in [0.1, 0.15) is 5.60 Å². The lowest BCUT2D eigenvalue weighted by atomic mass is 10.0. The maximum Gasteiger partial charge on any atom is 0.410 e. The minimum absolute atomic E-state index is 0.0403. The highest BCUT2D eigenvalue weighted by molar-refractivity contribution is 7.53. The van der Waals surface area contributed by atoms with Gasteiger partial charge in [-0.3, -0.25) is 9.46 Å². The van der Waals surface area contributed by atoms with Gasteiger partial charge in [0.25, 0.3) is 0 Å². The highest BCUT2D eigenvalue weighted by Crippen LogP contribution is 2.47. The molecule has 1 amide bonds. The first-order chi connectivity index (χ1) is 14.7. The van der Waals surface area contributed by atoms with E-state index in [4.69, 9.17) is 13.8 Å². The van der Waals surface area contributed by atoms with Crippen molar-refractivity contribution in [2.75, 3.05) is 39.0 Å². The summed E-state index contributed by atoms with van der Waals surface area (Å²) in [5.74, 6) is 0. The van der Waals surface area contributed by atoms with Gasteiger partial charge in [-0.1, -0.05) is 30.3 Å². The van der Waals surface area contributed by atoms with E-state index in [0.29, 0.717) is 13.2 Å². The molecule has 1 heterocycles. The molecule has 176 valence electrons. The van der Waals surface area contributed by atoms with Crippen molar-refractivity contribution >= 4 is 13.7 Å². The molecule has 1 fully saturated rings. The number of carbonyl (C=O) groups excluding carboxylic acids is 1. The van der Waals surface area contributed by atoms with E-state index in [1.54, 1.807) is 18.7 Å². The fourth-order valence-corrected chi connectivity index (χ4v) is 5.34. The van der Waals surface area contributed by atoms with E-state index in [2.05, 4.69) is 29.2 Å². The second-order valence-electron chi connectivity index (χ2n) is 8.84. The number of hydrogen-bond donors (Lipinski definition) is 0. The Morgan fingerprint density at radius 2 is 1.68 bits per heavy atom. The summed E-state index contributed by atoms with van der Waals surface area (Å²) in [6.45, 7) is 12.8. The van der Waals surface area contributed by atoms with Gasteiger partial charge in [0.05, 0.1) is 19.4 Å². The van der Waals surface area contributed by atoms with E-state index in [1.807, 2.05) is 26.8 Å². The summed E-state index contributed by atoms with van der Waals surface area (Å²) >= 11 is 0. The molecule has 0 spiro atoms. The summed E-state index contributed by atoms with van der Waals surface area (Å²) in [7, 11) is -3.23. The molecule has 1 aliphatic heterocycles. The Kier molecular flexibility index (Phi) is 10.0. The van der Waals surface area contributed by atoms with Gasteiger partial charge in [-0.05, 0) is 53.0 Å². The van der Waals surface area contributed by atoms with E-state index in [9.17, 15) is 9.36 Å². The second kappa shape index (κ2) is 12.0. The first-order valence-electron chi connectivity index (χ1n) is 11.3. The maximum absolute atomic E-state index is 13.0. The average Bonchev–Trinajstić information content (AvgIpc) is 2.69. The number of likely N-dealkylation sites (tertiary alicyclic amines) is 1. The Balaban J connectivity index is 2.03. The molecule has 1 saturated heterocycles. The molecule has 7 nitrogen and oxygen atoms in total. The van der Waals surface area contributed by atoms with Crippen molar-refractivity contribution in [3.63, 3.8) is 0 Å². The number of hydrogen-bond acceptors (Lipinski definition) is 6. The first-order valence-corrected chi connectivity index (χ1v) is 13.0. The summed E-state index contributed by atoms with van der Waals surface area (Å²) in [6.07, 6.45) is 1.49. The number of rotatable bonds is 10. The van der Waals surface area contributed by atoms with E-state index in [1.165, 1.54) is 5.56 Å². The summed E-state index contributed by atoms with van der Waals surface area (Å²) in [6, 6.07) is 10.5. The number of piperidine rings is 1. The van der Waals surface area contributed by atoms with Crippen LogP contribution < -0.4 is 0 Å². The minimum atomic E-state index is -3.23. The summed E-state index contributed by atoms with van der Waals surface area (Å²) in [5.41, 5.74) is 0.701. The molecule has 8 heteroatoms. The van der Waals surface area contributed by atoms with Crippen molar-refractivity contribution in [1.29, 1.82) is 0 Å². The molecule has 0 aliphatic carbocycles. The molecule has 0 aromatic heterocycles. The fourth-order valence-electron chi connectivity index (χ4n) is 3.76. The van der Waals surface area contributed by atoms with E-state index in [0.717, 1.165) is 32.5 Å². The molecule has 0 N–H and O–H groups in total. The Morgan fingerprint density at radius 3 is 2.19 bits per heavy atom. The minimum Gasteiger partial charge on any atom is -0.444 e. The lowest BCUT2D eigenvalue weighted by molar-refractivity contribution is 0.00912. The summed E-state index contributed by atoms with van der Waals surface area (Å²) in [5, 5.41) is 0. The van der Waals surface area contributed by atoms with Crippen molar-refractivity contribution < 1.29 is 23.1 Å². The van der Waals surface area contributed by atoms with Gasteiger partial charge >= 0.3 is 13.7 Å². The maximum atomic E-state index is 13.0. The highest BCUT2D eigenvalue weighted by Gasteiger charge is 2.34. The Labute approximate surface area is 187 Å². The standard InChI is InChI=1S/C23H39N2O5P/c1-6-28-31(27,29-7-2)18-17-25(22(26)30-23(3,4)5)21-13-15-24(16-14-21)19-20-11-9-8-10-12-20/h8-12,21H,6-7,13-19H2,1-5H3. The third kappa shape index (κ3) is 8.93. The topological polar surface area (TPSA) is 68.3 Å². The van der Waals surface area contributed by atoms with E-state index >= 15 is 0 Å². The molecule has 1 aromatic carbocycles. The zero-order valence-corrected chi connectivity index (χ0v) is 20.6. The van der Waals surface area contributed by atoms with Crippen LogP contribution >= 0.6 is 7.60 Å². The van der Waals surface area contributed by atoms with Crippen molar-refractivity contribution in [3.8, 4) is 0 Å². The van der Waals surface area contributed by atoms with Crippen LogP contribution in [0.5, 0.6) is 0 Å². The zero-order chi connectivity index (χ0) is 22.9. The van der Waals surface area contributed by atoms with Gasteiger partial charge in [0, 0.05) is 32.2 Å². The van der Waals surface area contributed by atoms with E-state index in [-0.39, 0.29) is 24.8 Å². The third-order valence-corrected chi connectivity index (χ3v) is 7.19. The van der Waals surface area contributed by atoms with Crippen LogP contribution in [0.1, 0.15) is 53.0 Å². The number of amides is 1. The predicted molar refractivity (Wildman–Crippen MR) is 123 cm³/mol. The quantitative estimate of drug-likeness (QED) is 0.455. The van der Waals surface area contributed by atoms with Crippen LogP contribution in [0.25, 0.3) is 0 Å². The van der Waals surface area contributed by atoms with Crippen molar-refractivity contribution in [1.82, 2.24) is 9.80 Å². The molecular formula is C23H39N2O5P. The molecule has 1 aliphatic rings. The van der Waals surface area contributed by atoms with Crippen LogP contribution in [0.15, 0.2) is 30.3 Å². The monoisotopic (exact) mass is 454 g/mol. The van der Waals surface area contributed by atoms with Crippen LogP contribution in [-0.2, 0) is 24.9 Å². The van der Waals surface area contributed by atoms with Gasteiger partial charge in [-0.25, -0.2) is 4.79 Å². The smallest absolute Gasteiger partial charge is 0.410 e. The van der Waals surface area contributed by atoms with Gasteiger partial charge in [-0.2, -0.15) is 0 Å². The largest absolute Gasteiger partial charge is 0.444 e. The Bertz CT molecular complexity index is 704. The fraction of sp³-hybridized carbons (Fsp3) is 0.696. The van der Waals surface area contributed by atoms with Gasteiger partial charge in [0.2, 0.25) is 0 Å². The van der Waals surface area contributed by atoms with Crippen LogP contribution in [0.2, 0.25) is 0 Å². The van der Waals surface area contributed by atoms with Crippen LogP contribution in [0, 0.1) is 0 Å². The van der Waals surface area contributed by atoms with Gasteiger partial charge in [-0.15, -0.1) is 0 Å². The molecule has 31 heavy (non-hydrogen) atoms. The predicted octanol–water partition coefficient (Wildman–Crippen LogP) is 5.15. The molecule has 0 radical (unpaired) electrons. The van der Waals surface area contributed by atoms with E-state index < -0.39 is 13.2 Å². The van der Waals surface area contributed by atoms with Crippen molar-refractivity contribution in [2.24, 2.45) is 0 Å². The molecule has 1 aromatic rings. The highest BCUT2D eigenvalue weighted by atomic mass is 31.2. The number of benzene rings is 1. The Morgan fingerprint density at radius 1 is 1.10 bits per heavy atom. The molecule has 0 unspecified atom stereocenters. The summed E-state index contributed by atoms with van der Waals surface area (Å²) in [4.78, 5) is 17.1. The van der Waals surface area contributed by atoms with Crippen LogP contribution in [0.4, 0.5) is 4.79 Å². The molecule has 0 bridgehead atoms. The summed E-state index contributed by atoms with van der Waals surface area (Å²) < 4.78 is 29.4. The lowest BCUT2D eigenvalue weighted by Gasteiger charge is -2.39. The number of ether oxygens (including phenoxy) is 1. The normalized spacial score (nSPS) is 16.3. The number of carbonyl (C=O) groups is 1. The van der Waals surface area contributed by atoms with Gasteiger partial charge in [0.15, 0.2) is 0 Å². The molecular weight excluding hydrogens is 415 g/mol. The van der Waals surface area contributed by atoms with Crippen molar-refractivity contribution in [2.45, 2.75) is 65.6 Å². The average molecular weight is 455 g/mol. The van der Waals surface area contributed by atoms with Crippen LogP contribution in [0.3, 0.4) is 0 Å². The first kappa shape index (κ1) is 25.9.